The third kappa shape index (κ3) is 3.14. The highest BCUT2D eigenvalue weighted by Gasteiger charge is 2.12. The number of nitrogens with zero attached hydrogens (tertiary/aromatic N) is 1. The van der Waals surface area contributed by atoms with Gasteiger partial charge in [0, 0.05) is 14.1 Å². The highest BCUT2D eigenvalue weighted by Crippen LogP contribution is 2.29. The smallest absolute Gasteiger partial charge is 0.303 e. The number of benzene rings is 1. The van der Waals surface area contributed by atoms with Crippen LogP contribution in [-0.2, 0) is 4.79 Å². The Morgan fingerprint density at radius 2 is 2.12 bits per heavy atom. The summed E-state index contributed by atoms with van der Waals surface area (Å²) in [6, 6.07) is 5.68. The molecule has 0 radical (unpaired) electrons. The molecule has 1 atom stereocenters. The van der Waals surface area contributed by atoms with Crippen LogP contribution in [0, 0.1) is 0 Å². The van der Waals surface area contributed by atoms with Crippen LogP contribution in [0.25, 0.3) is 0 Å². The predicted octanol–water partition coefficient (Wildman–Crippen LogP) is 2.98. The van der Waals surface area contributed by atoms with Gasteiger partial charge in [-0.25, -0.2) is 0 Å². The average molecular weight is 242 g/mol. The van der Waals surface area contributed by atoms with Gasteiger partial charge in [-0.2, -0.15) is 0 Å². The van der Waals surface area contributed by atoms with Crippen molar-refractivity contribution in [2.45, 2.75) is 19.3 Å². The van der Waals surface area contributed by atoms with Gasteiger partial charge in [0.15, 0.2) is 0 Å². The first-order chi connectivity index (χ1) is 7.41. The van der Waals surface area contributed by atoms with Crippen molar-refractivity contribution in [2.24, 2.45) is 0 Å². The number of hydrogen-bond donors (Lipinski definition) is 1. The van der Waals surface area contributed by atoms with Gasteiger partial charge in [0.25, 0.3) is 0 Å². The Labute approximate surface area is 101 Å². The van der Waals surface area contributed by atoms with Crippen molar-refractivity contribution >= 4 is 23.3 Å². The van der Waals surface area contributed by atoms with E-state index in [0.29, 0.717) is 5.02 Å². The van der Waals surface area contributed by atoms with Crippen molar-refractivity contribution in [3.8, 4) is 0 Å². The number of halogens is 1. The molecule has 1 N–H and O–H groups in total. The lowest BCUT2D eigenvalue weighted by atomic mass is 9.97. The third-order valence-electron chi connectivity index (χ3n) is 2.50. The van der Waals surface area contributed by atoms with Crippen molar-refractivity contribution in [1.82, 2.24) is 0 Å². The third-order valence-corrected chi connectivity index (χ3v) is 2.81. The zero-order valence-electron chi connectivity index (χ0n) is 9.70. The number of anilines is 1. The fourth-order valence-electron chi connectivity index (χ4n) is 1.57. The molecule has 0 aliphatic carbocycles. The van der Waals surface area contributed by atoms with Crippen molar-refractivity contribution in [1.29, 1.82) is 0 Å². The molecule has 0 saturated carbocycles. The molecule has 1 aromatic rings. The molecule has 0 aliphatic rings. The fourth-order valence-corrected chi connectivity index (χ4v) is 1.93. The zero-order valence-corrected chi connectivity index (χ0v) is 10.5. The van der Waals surface area contributed by atoms with E-state index in [9.17, 15) is 4.79 Å². The van der Waals surface area contributed by atoms with Crippen LogP contribution < -0.4 is 4.90 Å². The van der Waals surface area contributed by atoms with Crippen molar-refractivity contribution < 1.29 is 9.90 Å². The second-order valence-corrected chi connectivity index (χ2v) is 4.51. The standard InChI is InChI=1S/C12H16ClNO2/c1-8(6-12(15)16)9-4-5-11(14(2)3)10(13)7-9/h4-5,7-8H,6H2,1-3H3,(H,15,16). The normalized spacial score (nSPS) is 12.2. The molecule has 3 nitrogen and oxygen atoms in total. The number of carbonyl (C=O) groups is 1. The van der Waals surface area contributed by atoms with E-state index in [-0.39, 0.29) is 12.3 Å². The molecule has 4 heteroatoms. The monoisotopic (exact) mass is 241 g/mol. The van der Waals surface area contributed by atoms with Gasteiger partial charge in [-0.3, -0.25) is 4.79 Å². The van der Waals surface area contributed by atoms with E-state index in [0.717, 1.165) is 11.3 Å². The number of carboxylic acid groups (broad SMARTS) is 1. The molecular formula is C12H16ClNO2. The molecule has 0 amide bonds. The zero-order chi connectivity index (χ0) is 12.3. The largest absolute Gasteiger partial charge is 0.481 e. The topological polar surface area (TPSA) is 40.5 Å². The Balaban J connectivity index is 2.92. The molecular weight excluding hydrogens is 226 g/mol. The van der Waals surface area contributed by atoms with E-state index in [1.54, 1.807) is 0 Å². The van der Waals surface area contributed by atoms with Crippen molar-refractivity contribution in [2.75, 3.05) is 19.0 Å². The van der Waals surface area contributed by atoms with E-state index >= 15 is 0 Å². The Bertz CT molecular complexity index is 391. The fraction of sp³-hybridized carbons (Fsp3) is 0.417. The minimum absolute atomic E-state index is 0.0220. The van der Waals surface area contributed by atoms with Crippen LogP contribution in [-0.4, -0.2) is 25.2 Å². The summed E-state index contributed by atoms with van der Waals surface area (Å²) in [6.45, 7) is 1.88. The van der Waals surface area contributed by atoms with Gasteiger partial charge < -0.3 is 10.0 Å². The van der Waals surface area contributed by atoms with Crippen molar-refractivity contribution in [3.63, 3.8) is 0 Å². The number of aliphatic carboxylic acids is 1. The maximum absolute atomic E-state index is 10.6. The van der Waals surface area contributed by atoms with Crippen LogP contribution in [0.5, 0.6) is 0 Å². The summed E-state index contributed by atoms with van der Waals surface area (Å²) in [5.41, 5.74) is 1.89. The van der Waals surface area contributed by atoms with Crippen LogP contribution in [0.2, 0.25) is 5.02 Å². The first-order valence-corrected chi connectivity index (χ1v) is 5.48. The van der Waals surface area contributed by atoms with E-state index in [1.165, 1.54) is 0 Å². The first-order valence-electron chi connectivity index (χ1n) is 5.10. The molecule has 88 valence electrons. The molecule has 0 aliphatic heterocycles. The van der Waals surface area contributed by atoms with Crippen molar-refractivity contribution in [3.05, 3.63) is 28.8 Å². The Kier molecular flexibility index (Phi) is 4.19. The molecule has 1 aromatic carbocycles. The minimum atomic E-state index is -0.791. The summed E-state index contributed by atoms with van der Waals surface area (Å²) < 4.78 is 0. The molecule has 0 aromatic heterocycles. The lowest BCUT2D eigenvalue weighted by Gasteiger charge is -2.17. The lowest BCUT2D eigenvalue weighted by Crippen LogP contribution is -2.10. The minimum Gasteiger partial charge on any atom is -0.481 e. The van der Waals surface area contributed by atoms with E-state index in [2.05, 4.69) is 0 Å². The number of rotatable bonds is 4. The summed E-state index contributed by atoms with van der Waals surface area (Å²) in [4.78, 5) is 12.5. The van der Waals surface area contributed by atoms with E-state index in [4.69, 9.17) is 16.7 Å². The second kappa shape index (κ2) is 5.21. The van der Waals surface area contributed by atoms with E-state index < -0.39 is 5.97 Å². The summed E-state index contributed by atoms with van der Waals surface area (Å²) >= 11 is 6.12. The van der Waals surface area contributed by atoms with Crippen LogP contribution in [0.3, 0.4) is 0 Å². The van der Waals surface area contributed by atoms with Crippen LogP contribution >= 0.6 is 11.6 Å². The average Bonchev–Trinajstić information content (AvgIpc) is 2.15. The molecule has 1 rings (SSSR count). The van der Waals surface area contributed by atoms with Gasteiger partial charge in [0.2, 0.25) is 0 Å². The lowest BCUT2D eigenvalue weighted by molar-refractivity contribution is -0.137. The predicted molar refractivity (Wildman–Crippen MR) is 66.4 cm³/mol. The van der Waals surface area contributed by atoms with Crippen LogP contribution in [0.15, 0.2) is 18.2 Å². The summed E-state index contributed by atoms with van der Waals surface area (Å²) in [5.74, 6) is -0.813. The Morgan fingerprint density at radius 3 is 2.56 bits per heavy atom. The summed E-state index contributed by atoms with van der Waals surface area (Å²) in [6.07, 6.45) is 0.123. The molecule has 0 spiro atoms. The number of carboxylic acids is 1. The van der Waals surface area contributed by atoms with Crippen LogP contribution in [0.1, 0.15) is 24.8 Å². The maximum atomic E-state index is 10.6. The Hall–Kier alpha value is -1.22. The first kappa shape index (κ1) is 12.8. The Morgan fingerprint density at radius 1 is 1.50 bits per heavy atom. The van der Waals surface area contributed by atoms with E-state index in [1.807, 2.05) is 44.1 Å². The van der Waals surface area contributed by atoms with Gasteiger partial charge in [-0.05, 0) is 23.6 Å². The van der Waals surface area contributed by atoms with Gasteiger partial charge in [0.05, 0.1) is 17.1 Å². The van der Waals surface area contributed by atoms with Crippen LogP contribution in [0.4, 0.5) is 5.69 Å². The molecule has 16 heavy (non-hydrogen) atoms. The summed E-state index contributed by atoms with van der Waals surface area (Å²) in [7, 11) is 3.84. The van der Waals surface area contributed by atoms with Gasteiger partial charge in [-0.1, -0.05) is 24.6 Å². The quantitative estimate of drug-likeness (QED) is 0.881. The molecule has 1 unspecified atom stereocenters. The van der Waals surface area contributed by atoms with Gasteiger partial charge in [0.1, 0.15) is 0 Å². The molecule has 0 saturated heterocycles. The van der Waals surface area contributed by atoms with Gasteiger partial charge >= 0.3 is 5.97 Å². The molecule has 0 heterocycles. The molecule has 0 bridgehead atoms. The number of hydrogen-bond acceptors (Lipinski definition) is 2. The van der Waals surface area contributed by atoms with Gasteiger partial charge in [-0.15, -0.1) is 0 Å². The highest BCUT2D eigenvalue weighted by molar-refractivity contribution is 6.33. The second-order valence-electron chi connectivity index (χ2n) is 4.10. The summed E-state index contributed by atoms with van der Waals surface area (Å²) in [5, 5.41) is 9.37. The highest BCUT2D eigenvalue weighted by atomic mass is 35.5. The SMILES string of the molecule is CC(CC(=O)O)c1ccc(N(C)C)c(Cl)c1. The molecule has 0 fully saturated rings. The maximum Gasteiger partial charge on any atom is 0.303 e.